The zero-order chi connectivity index (χ0) is 14.1. The minimum Gasteiger partial charge on any atom is -0.349 e. The quantitative estimate of drug-likeness (QED) is 0.887. The molecule has 1 aliphatic carbocycles. The number of hydrogen-bond donors (Lipinski definition) is 1. The van der Waals surface area contributed by atoms with Crippen LogP contribution in [0.3, 0.4) is 0 Å². The number of rotatable bonds is 6. The molecule has 20 heavy (non-hydrogen) atoms. The molecule has 2 aromatic heterocycles. The second-order valence-corrected chi connectivity index (χ2v) is 6.76. The van der Waals surface area contributed by atoms with Gasteiger partial charge in [0.1, 0.15) is 5.69 Å². The molecule has 1 saturated carbocycles. The minimum absolute atomic E-state index is 0.0518. The smallest absolute Gasteiger partial charge is 0.268 e. The molecule has 0 unspecified atom stereocenters. The fourth-order valence-electron chi connectivity index (χ4n) is 2.40. The molecule has 0 bridgehead atoms. The number of carbonyl (C=O) groups excluding carboxylic acids is 1. The van der Waals surface area contributed by atoms with Crippen LogP contribution in [-0.2, 0) is 6.54 Å². The van der Waals surface area contributed by atoms with Crippen LogP contribution >= 0.6 is 11.3 Å². The second kappa shape index (κ2) is 5.58. The molecule has 5 heteroatoms. The van der Waals surface area contributed by atoms with Crippen LogP contribution in [0.2, 0.25) is 0 Å². The maximum absolute atomic E-state index is 12.4. The molecule has 2 heterocycles. The van der Waals surface area contributed by atoms with Gasteiger partial charge in [0.05, 0.1) is 10.2 Å². The Labute approximate surface area is 123 Å². The van der Waals surface area contributed by atoms with Gasteiger partial charge in [0, 0.05) is 19.6 Å². The first-order valence-electron chi connectivity index (χ1n) is 7.15. The lowest BCUT2D eigenvalue weighted by Gasteiger charge is -2.12. The molecule has 108 valence electrons. The molecular weight excluding hydrogens is 270 g/mol. The third-order valence-corrected chi connectivity index (χ3v) is 4.59. The van der Waals surface area contributed by atoms with E-state index in [2.05, 4.69) is 26.2 Å². The van der Waals surface area contributed by atoms with Crippen molar-refractivity contribution in [2.45, 2.75) is 19.4 Å². The molecule has 2 aromatic rings. The summed E-state index contributed by atoms with van der Waals surface area (Å²) in [7, 11) is 4.02. The number of aromatic nitrogens is 1. The standard InChI is InChI=1S/C15H21N3OS/c1-17(2)7-6-16-15(19)13-9-14-12(5-8-20-14)18(13)10-11-3-4-11/h5,8-9,11H,3-4,6-7,10H2,1-2H3,(H,16,19). The van der Waals surface area contributed by atoms with Crippen molar-refractivity contribution in [2.24, 2.45) is 5.92 Å². The third kappa shape index (κ3) is 2.88. The van der Waals surface area contributed by atoms with Gasteiger partial charge in [0.15, 0.2) is 0 Å². The predicted octanol–water partition coefficient (Wildman–Crippen LogP) is 2.40. The van der Waals surface area contributed by atoms with Crippen LogP contribution in [0.25, 0.3) is 10.2 Å². The number of nitrogens with one attached hydrogen (secondary N) is 1. The van der Waals surface area contributed by atoms with Gasteiger partial charge in [-0.2, -0.15) is 0 Å². The topological polar surface area (TPSA) is 37.3 Å². The summed E-state index contributed by atoms with van der Waals surface area (Å²) in [6, 6.07) is 4.16. The van der Waals surface area contributed by atoms with Gasteiger partial charge in [-0.3, -0.25) is 4.79 Å². The van der Waals surface area contributed by atoms with Crippen molar-refractivity contribution in [3.05, 3.63) is 23.2 Å². The number of carbonyl (C=O) groups is 1. The van der Waals surface area contributed by atoms with Crippen LogP contribution in [0.15, 0.2) is 17.5 Å². The van der Waals surface area contributed by atoms with Gasteiger partial charge in [-0.25, -0.2) is 0 Å². The van der Waals surface area contributed by atoms with Gasteiger partial charge in [0.25, 0.3) is 5.91 Å². The first kappa shape index (κ1) is 13.6. The van der Waals surface area contributed by atoms with E-state index in [1.807, 2.05) is 20.2 Å². The van der Waals surface area contributed by atoms with Crippen molar-refractivity contribution in [2.75, 3.05) is 27.2 Å². The van der Waals surface area contributed by atoms with E-state index >= 15 is 0 Å². The monoisotopic (exact) mass is 291 g/mol. The zero-order valence-corrected chi connectivity index (χ0v) is 12.9. The highest BCUT2D eigenvalue weighted by Crippen LogP contribution is 2.34. The van der Waals surface area contributed by atoms with E-state index in [-0.39, 0.29) is 5.91 Å². The van der Waals surface area contributed by atoms with Gasteiger partial charge in [-0.1, -0.05) is 0 Å². The largest absolute Gasteiger partial charge is 0.349 e. The van der Waals surface area contributed by atoms with Crippen LogP contribution < -0.4 is 5.32 Å². The summed E-state index contributed by atoms with van der Waals surface area (Å²) >= 11 is 1.71. The zero-order valence-electron chi connectivity index (χ0n) is 12.1. The van der Waals surface area contributed by atoms with Gasteiger partial charge >= 0.3 is 0 Å². The average molecular weight is 291 g/mol. The number of likely N-dealkylation sites (N-methyl/N-ethyl adjacent to an activating group) is 1. The highest BCUT2D eigenvalue weighted by atomic mass is 32.1. The van der Waals surface area contributed by atoms with Crippen LogP contribution in [-0.4, -0.2) is 42.6 Å². The molecule has 1 fully saturated rings. The number of fused-ring (bicyclic) bond motifs is 1. The van der Waals surface area contributed by atoms with Crippen molar-refractivity contribution in [3.8, 4) is 0 Å². The molecule has 4 nitrogen and oxygen atoms in total. The number of hydrogen-bond acceptors (Lipinski definition) is 3. The molecule has 0 atom stereocenters. The van der Waals surface area contributed by atoms with E-state index in [4.69, 9.17) is 0 Å². The van der Waals surface area contributed by atoms with E-state index in [0.717, 1.165) is 24.7 Å². The maximum Gasteiger partial charge on any atom is 0.268 e. The van der Waals surface area contributed by atoms with E-state index in [1.54, 1.807) is 11.3 Å². The lowest BCUT2D eigenvalue weighted by Crippen LogP contribution is -2.32. The van der Waals surface area contributed by atoms with Crippen molar-refractivity contribution < 1.29 is 4.79 Å². The summed E-state index contributed by atoms with van der Waals surface area (Å²) in [4.78, 5) is 14.4. The SMILES string of the molecule is CN(C)CCNC(=O)c1cc2sccc2n1CC1CC1. The fourth-order valence-corrected chi connectivity index (χ4v) is 3.23. The van der Waals surface area contributed by atoms with Crippen LogP contribution in [0, 0.1) is 5.92 Å². The molecule has 0 radical (unpaired) electrons. The predicted molar refractivity (Wildman–Crippen MR) is 83.4 cm³/mol. The van der Waals surface area contributed by atoms with Crippen molar-refractivity contribution in [1.29, 1.82) is 0 Å². The molecule has 3 rings (SSSR count). The lowest BCUT2D eigenvalue weighted by atomic mass is 10.3. The van der Waals surface area contributed by atoms with E-state index in [9.17, 15) is 4.79 Å². The van der Waals surface area contributed by atoms with Crippen LogP contribution in [0.5, 0.6) is 0 Å². The summed E-state index contributed by atoms with van der Waals surface area (Å²) in [5.74, 6) is 0.815. The van der Waals surface area contributed by atoms with Crippen LogP contribution in [0.4, 0.5) is 0 Å². The van der Waals surface area contributed by atoms with Crippen molar-refractivity contribution in [1.82, 2.24) is 14.8 Å². The molecule has 0 aliphatic heterocycles. The Bertz CT molecular complexity index is 610. The van der Waals surface area contributed by atoms with E-state index in [0.29, 0.717) is 6.54 Å². The number of thiophene rings is 1. The third-order valence-electron chi connectivity index (χ3n) is 3.74. The number of nitrogens with zero attached hydrogens (tertiary/aromatic N) is 2. The van der Waals surface area contributed by atoms with Crippen LogP contribution in [0.1, 0.15) is 23.3 Å². The Morgan fingerprint density at radius 1 is 1.50 bits per heavy atom. The normalized spacial score (nSPS) is 15.2. The molecule has 1 amide bonds. The van der Waals surface area contributed by atoms with Crippen molar-refractivity contribution in [3.63, 3.8) is 0 Å². The van der Waals surface area contributed by atoms with E-state index < -0.39 is 0 Å². The molecule has 1 aliphatic rings. The summed E-state index contributed by atoms with van der Waals surface area (Å²) < 4.78 is 3.41. The highest BCUT2D eigenvalue weighted by Gasteiger charge is 2.25. The molecule has 0 saturated heterocycles. The van der Waals surface area contributed by atoms with Gasteiger partial charge in [0.2, 0.25) is 0 Å². The Balaban J connectivity index is 1.78. The van der Waals surface area contributed by atoms with Gasteiger partial charge in [-0.15, -0.1) is 11.3 Å². The second-order valence-electron chi connectivity index (χ2n) is 5.81. The minimum atomic E-state index is 0.0518. The summed E-state index contributed by atoms with van der Waals surface area (Å²) in [6.07, 6.45) is 2.59. The first-order valence-corrected chi connectivity index (χ1v) is 8.03. The number of amides is 1. The van der Waals surface area contributed by atoms with E-state index in [1.165, 1.54) is 23.1 Å². The lowest BCUT2D eigenvalue weighted by molar-refractivity contribution is 0.0942. The first-order chi connectivity index (χ1) is 9.65. The average Bonchev–Trinajstić information content (AvgIpc) is 2.97. The van der Waals surface area contributed by atoms with Gasteiger partial charge < -0.3 is 14.8 Å². The summed E-state index contributed by atoms with van der Waals surface area (Å²) in [6.45, 7) is 2.54. The van der Waals surface area contributed by atoms with Gasteiger partial charge in [-0.05, 0) is 50.4 Å². The molecular formula is C15H21N3OS. The Hall–Kier alpha value is -1.33. The maximum atomic E-state index is 12.4. The Morgan fingerprint density at radius 2 is 2.30 bits per heavy atom. The molecule has 1 N–H and O–H groups in total. The Morgan fingerprint density at radius 3 is 3.00 bits per heavy atom. The summed E-state index contributed by atoms with van der Waals surface area (Å²) in [5, 5.41) is 5.12. The Kier molecular flexibility index (Phi) is 3.81. The molecule has 0 spiro atoms. The molecule has 0 aromatic carbocycles. The summed E-state index contributed by atoms with van der Waals surface area (Å²) in [5.41, 5.74) is 2.03. The highest BCUT2D eigenvalue weighted by molar-refractivity contribution is 7.17. The fraction of sp³-hybridized carbons (Fsp3) is 0.533. The van der Waals surface area contributed by atoms with Crippen molar-refractivity contribution >= 4 is 27.5 Å².